The minimum absolute atomic E-state index is 0.256. The number of hydrogen-bond donors (Lipinski definition) is 2. The third kappa shape index (κ3) is 3.19. The second-order valence-corrected chi connectivity index (χ2v) is 9.39. The Labute approximate surface area is 152 Å². The van der Waals surface area contributed by atoms with Crippen LogP contribution in [0.15, 0.2) is 0 Å². The molecule has 1 heterocycles. The number of thiocarbonyl (C=S) groups is 1. The Morgan fingerprint density at radius 1 is 1.08 bits per heavy atom. The largest absolute Gasteiger partial charge is 0.395 e. The van der Waals surface area contributed by atoms with Crippen molar-refractivity contribution in [2.75, 3.05) is 39.3 Å². The van der Waals surface area contributed by atoms with E-state index in [1.807, 2.05) is 0 Å². The second-order valence-electron chi connectivity index (χ2n) is 9.00. The Balaban J connectivity index is 1.33. The third-order valence-electron chi connectivity index (χ3n) is 7.42. The van der Waals surface area contributed by atoms with Crippen LogP contribution in [0.4, 0.5) is 0 Å². The van der Waals surface area contributed by atoms with Crippen LogP contribution in [-0.2, 0) is 0 Å². The van der Waals surface area contributed by atoms with Crippen molar-refractivity contribution >= 4 is 17.3 Å². The molecular weight excluding hydrogens is 318 g/mol. The average Bonchev–Trinajstić information content (AvgIpc) is 2.54. The molecule has 4 aliphatic carbocycles. The first kappa shape index (κ1) is 17.0. The van der Waals surface area contributed by atoms with Gasteiger partial charge in [-0.2, -0.15) is 0 Å². The normalized spacial score (nSPS) is 39.9. The van der Waals surface area contributed by atoms with Crippen LogP contribution in [0.3, 0.4) is 0 Å². The zero-order valence-electron chi connectivity index (χ0n) is 15.0. The first-order valence-corrected chi connectivity index (χ1v) is 10.4. The predicted molar refractivity (Wildman–Crippen MR) is 101 cm³/mol. The number of hydrogen-bond acceptors (Lipinski definition) is 3. The molecule has 2 N–H and O–H groups in total. The summed E-state index contributed by atoms with van der Waals surface area (Å²) in [7, 11) is 0. The van der Waals surface area contributed by atoms with Gasteiger partial charge in [0.25, 0.3) is 0 Å². The molecule has 5 heteroatoms. The minimum atomic E-state index is 0.256. The van der Waals surface area contributed by atoms with Crippen molar-refractivity contribution in [3.05, 3.63) is 0 Å². The van der Waals surface area contributed by atoms with Gasteiger partial charge in [0.05, 0.1) is 6.61 Å². The van der Waals surface area contributed by atoms with Crippen molar-refractivity contribution in [1.29, 1.82) is 0 Å². The van der Waals surface area contributed by atoms with Gasteiger partial charge < -0.3 is 15.3 Å². The molecule has 24 heavy (non-hydrogen) atoms. The smallest absolute Gasteiger partial charge is 0.169 e. The van der Waals surface area contributed by atoms with Crippen LogP contribution < -0.4 is 5.32 Å². The highest BCUT2D eigenvalue weighted by atomic mass is 32.1. The zero-order chi connectivity index (χ0) is 16.7. The summed E-state index contributed by atoms with van der Waals surface area (Å²) in [5.41, 5.74) is 0.511. The van der Waals surface area contributed by atoms with E-state index in [2.05, 4.69) is 22.0 Å². The lowest BCUT2D eigenvalue weighted by molar-refractivity contribution is -0.0676. The van der Waals surface area contributed by atoms with Gasteiger partial charge >= 0.3 is 0 Å². The highest BCUT2D eigenvalue weighted by Gasteiger charge is 2.53. The van der Waals surface area contributed by atoms with E-state index in [1.165, 1.54) is 38.5 Å². The lowest BCUT2D eigenvalue weighted by atomic mass is 9.48. The van der Waals surface area contributed by atoms with Gasteiger partial charge in [0.2, 0.25) is 0 Å². The molecule has 5 fully saturated rings. The van der Waals surface area contributed by atoms with Gasteiger partial charge in [-0.25, -0.2) is 0 Å². The van der Waals surface area contributed by atoms with Gasteiger partial charge in [0.1, 0.15) is 0 Å². The SMILES string of the molecule is CC(NC(=S)N1CCN(CCO)CC1)C12CC3CC(CC(C3)C1)C2. The molecule has 5 rings (SSSR count). The Morgan fingerprint density at radius 3 is 2.12 bits per heavy atom. The average molecular weight is 352 g/mol. The summed E-state index contributed by atoms with van der Waals surface area (Å²) in [6.45, 7) is 7.42. The standard InChI is InChI=1S/C19H33N3OS/c1-14(19-11-15-8-16(12-19)10-17(9-15)13-19)20-18(24)22-4-2-21(3-5-22)6-7-23/h14-17,23H,2-13H2,1H3,(H,20,24). The summed E-state index contributed by atoms with van der Waals surface area (Å²) in [5, 5.41) is 13.8. The fourth-order valence-electron chi connectivity index (χ4n) is 6.45. The molecule has 0 aromatic rings. The minimum Gasteiger partial charge on any atom is -0.395 e. The van der Waals surface area contributed by atoms with Crippen LogP contribution in [0.2, 0.25) is 0 Å². The summed E-state index contributed by atoms with van der Waals surface area (Å²) < 4.78 is 0. The molecule has 5 aliphatic rings. The number of aliphatic hydroxyl groups is 1. The van der Waals surface area contributed by atoms with Crippen molar-refractivity contribution in [1.82, 2.24) is 15.1 Å². The molecule has 4 bridgehead atoms. The molecule has 0 spiro atoms. The van der Waals surface area contributed by atoms with Crippen molar-refractivity contribution in [2.24, 2.45) is 23.2 Å². The maximum atomic E-state index is 9.07. The number of nitrogens with zero attached hydrogens (tertiary/aromatic N) is 2. The van der Waals surface area contributed by atoms with Crippen LogP contribution in [0, 0.1) is 23.2 Å². The monoisotopic (exact) mass is 351 g/mol. The summed E-state index contributed by atoms with van der Waals surface area (Å²) in [6.07, 6.45) is 8.80. The predicted octanol–water partition coefficient (Wildman–Crippen LogP) is 2.08. The molecule has 0 radical (unpaired) electrons. The summed E-state index contributed by atoms with van der Waals surface area (Å²) >= 11 is 5.76. The van der Waals surface area contributed by atoms with Crippen molar-refractivity contribution in [3.63, 3.8) is 0 Å². The van der Waals surface area contributed by atoms with E-state index in [0.29, 0.717) is 11.5 Å². The molecule has 0 aromatic carbocycles. The summed E-state index contributed by atoms with van der Waals surface area (Å²) in [4.78, 5) is 4.65. The number of nitrogens with one attached hydrogen (secondary N) is 1. The summed E-state index contributed by atoms with van der Waals surface area (Å²) in [6, 6.07) is 0.508. The molecular formula is C19H33N3OS. The van der Waals surface area contributed by atoms with Gasteiger partial charge in [0.15, 0.2) is 5.11 Å². The van der Waals surface area contributed by atoms with Crippen LogP contribution in [0.5, 0.6) is 0 Å². The summed E-state index contributed by atoms with van der Waals surface area (Å²) in [5.74, 6) is 2.99. The fourth-order valence-corrected chi connectivity index (χ4v) is 6.81. The van der Waals surface area contributed by atoms with E-state index >= 15 is 0 Å². The molecule has 4 nitrogen and oxygen atoms in total. The Hall–Kier alpha value is -0.390. The van der Waals surface area contributed by atoms with Crippen LogP contribution in [0.1, 0.15) is 45.4 Å². The number of piperazine rings is 1. The topological polar surface area (TPSA) is 38.7 Å². The molecule has 0 aromatic heterocycles. The van der Waals surface area contributed by atoms with Crippen LogP contribution >= 0.6 is 12.2 Å². The Bertz CT molecular complexity index is 440. The Morgan fingerprint density at radius 2 is 1.62 bits per heavy atom. The number of β-amino-alcohol motifs (C(OH)–C–C–N with tert-alkyl or cyclic N) is 1. The Kier molecular flexibility index (Phi) is 4.78. The maximum Gasteiger partial charge on any atom is 0.169 e. The molecule has 136 valence electrons. The first-order chi connectivity index (χ1) is 11.6. The van der Waals surface area contributed by atoms with Gasteiger partial charge in [-0.15, -0.1) is 0 Å². The van der Waals surface area contributed by atoms with Crippen LogP contribution in [0.25, 0.3) is 0 Å². The first-order valence-electron chi connectivity index (χ1n) is 9.96. The highest BCUT2D eigenvalue weighted by molar-refractivity contribution is 7.80. The number of rotatable bonds is 4. The quantitative estimate of drug-likeness (QED) is 0.759. The van der Waals surface area contributed by atoms with Crippen molar-refractivity contribution in [2.45, 2.75) is 51.5 Å². The van der Waals surface area contributed by atoms with Crippen LogP contribution in [-0.4, -0.2) is 65.4 Å². The lowest BCUT2D eigenvalue weighted by Crippen LogP contribution is -2.59. The van der Waals surface area contributed by atoms with E-state index in [0.717, 1.165) is 55.6 Å². The van der Waals surface area contributed by atoms with E-state index < -0.39 is 0 Å². The van der Waals surface area contributed by atoms with E-state index in [1.54, 1.807) is 0 Å². The molecule has 0 amide bonds. The zero-order valence-corrected chi connectivity index (χ0v) is 15.9. The number of aliphatic hydroxyl groups excluding tert-OH is 1. The van der Waals surface area contributed by atoms with Gasteiger partial charge in [-0.3, -0.25) is 4.90 Å². The highest BCUT2D eigenvalue weighted by Crippen LogP contribution is 2.61. The van der Waals surface area contributed by atoms with Crippen molar-refractivity contribution < 1.29 is 5.11 Å². The van der Waals surface area contributed by atoms with Gasteiger partial charge in [-0.1, -0.05) is 0 Å². The van der Waals surface area contributed by atoms with Gasteiger partial charge in [0, 0.05) is 38.8 Å². The molecule has 1 saturated heterocycles. The molecule has 1 aliphatic heterocycles. The van der Waals surface area contributed by atoms with Gasteiger partial charge in [-0.05, 0) is 80.8 Å². The lowest BCUT2D eigenvalue weighted by Gasteiger charge is -2.59. The third-order valence-corrected chi connectivity index (χ3v) is 7.80. The fraction of sp³-hybridized carbons (Fsp3) is 0.947. The van der Waals surface area contributed by atoms with E-state index in [4.69, 9.17) is 17.3 Å². The van der Waals surface area contributed by atoms with Crippen molar-refractivity contribution in [3.8, 4) is 0 Å². The maximum absolute atomic E-state index is 9.07. The second kappa shape index (κ2) is 6.73. The molecule has 1 atom stereocenters. The molecule has 1 unspecified atom stereocenters. The van der Waals surface area contributed by atoms with E-state index in [9.17, 15) is 0 Å². The molecule has 4 saturated carbocycles. The van der Waals surface area contributed by atoms with E-state index in [-0.39, 0.29) is 6.61 Å².